The summed E-state index contributed by atoms with van der Waals surface area (Å²) >= 11 is 1.67. The van der Waals surface area contributed by atoms with E-state index in [1.807, 2.05) is 61.0 Å². The van der Waals surface area contributed by atoms with Gasteiger partial charge in [-0.05, 0) is 6.26 Å². The summed E-state index contributed by atoms with van der Waals surface area (Å²) in [4.78, 5) is 10.3. The van der Waals surface area contributed by atoms with Crippen molar-refractivity contribution in [1.29, 1.82) is 0 Å². The maximum Gasteiger partial charge on any atom is 0.159 e. The highest BCUT2D eigenvalue weighted by Crippen LogP contribution is 2.29. The largest absolute Gasteiger partial charge is 0.235 e. The van der Waals surface area contributed by atoms with Crippen LogP contribution >= 0.6 is 11.8 Å². The summed E-state index contributed by atoms with van der Waals surface area (Å²) in [6, 6.07) is 20.3. The molecule has 0 saturated carbocycles. The van der Waals surface area contributed by atoms with Gasteiger partial charge in [0.15, 0.2) is 5.82 Å². The summed E-state index contributed by atoms with van der Waals surface area (Å²) in [5.41, 5.74) is 3.15. The fourth-order valence-electron chi connectivity index (χ4n) is 2.05. The average molecular weight is 278 g/mol. The Kier molecular flexibility index (Phi) is 3.79. The van der Waals surface area contributed by atoms with E-state index < -0.39 is 0 Å². The Morgan fingerprint density at radius 2 is 1.40 bits per heavy atom. The Balaban J connectivity index is 2.13. The standard InChI is InChI=1S/C17H14N2S/c1-20-15-12-18-17(14-10-6-3-7-11-14)19-16(15)13-8-4-2-5-9-13/h2-12H,1H3. The molecule has 0 amide bonds. The minimum absolute atomic E-state index is 0.766. The molecule has 98 valence electrons. The molecule has 0 radical (unpaired) electrons. The molecule has 0 saturated heterocycles. The Hall–Kier alpha value is -2.13. The molecule has 0 unspecified atom stereocenters. The van der Waals surface area contributed by atoms with Crippen LogP contribution in [0, 0.1) is 0 Å². The molecule has 1 aromatic heterocycles. The van der Waals surface area contributed by atoms with Crippen molar-refractivity contribution < 1.29 is 0 Å². The quantitative estimate of drug-likeness (QED) is 0.658. The van der Waals surface area contributed by atoms with Crippen LogP contribution in [0.5, 0.6) is 0 Å². The van der Waals surface area contributed by atoms with E-state index in [0.717, 1.165) is 27.5 Å². The first-order valence-corrected chi connectivity index (χ1v) is 7.63. The number of benzene rings is 2. The number of aromatic nitrogens is 2. The van der Waals surface area contributed by atoms with Crippen LogP contribution in [0.15, 0.2) is 71.8 Å². The third-order valence-electron chi connectivity index (χ3n) is 3.05. The zero-order valence-corrected chi connectivity index (χ0v) is 12.0. The second kappa shape index (κ2) is 5.88. The molecule has 0 aliphatic heterocycles. The molecule has 3 aromatic rings. The predicted octanol–water partition coefficient (Wildman–Crippen LogP) is 4.53. The van der Waals surface area contributed by atoms with Crippen molar-refractivity contribution in [3.8, 4) is 22.6 Å². The first kappa shape index (κ1) is 12.9. The van der Waals surface area contributed by atoms with Crippen molar-refractivity contribution in [2.75, 3.05) is 6.26 Å². The lowest BCUT2D eigenvalue weighted by atomic mass is 10.1. The highest BCUT2D eigenvalue weighted by molar-refractivity contribution is 7.98. The van der Waals surface area contributed by atoms with Gasteiger partial charge in [0.25, 0.3) is 0 Å². The average Bonchev–Trinajstić information content (AvgIpc) is 2.56. The summed E-state index contributed by atoms with van der Waals surface area (Å²) in [7, 11) is 0. The van der Waals surface area contributed by atoms with E-state index in [1.54, 1.807) is 11.8 Å². The van der Waals surface area contributed by atoms with Crippen LogP contribution in [0.1, 0.15) is 0 Å². The lowest BCUT2D eigenvalue weighted by Gasteiger charge is -2.08. The van der Waals surface area contributed by atoms with Crippen molar-refractivity contribution >= 4 is 11.8 Å². The normalized spacial score (nSPS) is 10.4. The first-order valence-electron chi connectivity index (χ1n) is 6.40. The van der Waals surface area contributed by atoms with Crippen LogP contribution in [0.4, 0.5) is 0 Å². The van der Waals surface area contributed by atoms with E-state index in [9.17, 15) is 0 Å². The van der Waals surface area contributed by atoms with Gasteiger partial charge in [-0.25, -0.2) is 9.97 Å². The van der Waals surface area contributed by atoms with Crippen molar-refractivity contribution in [3.05, 3.63) is 66.9 Å². The molecule has 2 aromatic carbocycles. The molecule has 2 nitrogen and oxygen atoms in total. The fourth-order valence-corrected chi connectivity index (χ4v) is 2.56. The fraction of sp³-hybridized carbons (Fsp3) is 0.0588. The third kappa shape index (κ3) is 2.58. The van der Waals surface area contributed by atoms with E-state index >= 15 is 0 Å². The number of hydrogen-bond acceptors (Lipinski definition) is 3. The molecule has 1 heterocycles. The molecular weight excluding hydrogens is 264 g/mol. The molecule has 0 atom stereocenters. The molecule has 20 heavy (non-hydrogen) atoms. The van der Waals surface area contributed by atoms with Gasteiger partial charge in [-0.2, -0.15) is 0 Å². The van der Waals surface area contributed by atoms with Gasteiger partial charge in [0, 0.05) is 17.3 Å². The van der Waals surface area contributed by atoms with Crippen LogP contribution in [0.25, 0.3) is 22.6 Å². The summed E-state index contributed by atoms with van der Waals surface area (Å²) < 4.78 is 0. The minimum Gasteiger partial charge on any atom is -0.235 e. The van der Waals surface area contributed by atoms with Gasteiger partial charge in [0.1, 0.15) is 0 Å². The Morgan fingerprint density at radius 3 is 2.00 bits per heavy atom. The minimum atomic E-state index is 0.766. The molecular formula is C17H14N2S. The summed E-state index contributed by atoms with van der Waals surface area (Å²) in [6.07, 6.45) is 3.95. The number of hydrogen-bond donors (Lipinski definition) is 0. The van der Waals surface area contributed by atoms with Crippen molar-refractivity contribution in [3.63, 3.8) is 0 Å². The van der Waals surface area contributed by atoms with Crippen molar-refractivity contribution in [1.82, 2.24) is 9.97 Å². The second-order valence-electron chi connectivity index (χ2n) is 4.34. The van der Waals surface area contributed by atoms with Gasteiger partial charge in [0.05, 0.1) is 10.6 Å². The third-order valence-corrected chi connectivity index (χ3v) is 3.79. The zero-order valence-electron chi connectivity index (χ0n) is 11.2. The van der Waals surface area contributed by atoms with E-state index in [2.05, 4.69) is 17.1 Å². The van der Waals surface area contributed by atoms with Gasteiger partial charge in [-0.1, -0.05) is 60.7 Å². The molecule has 0 spiro atoms. The summed E-state index contributed by atoms with van der Waals surface area (Å²) in [5.74, 6) is 0.766. The monoisotopic (exact) mass is 278 g/mol. The SMILES string of the molecule is CSc1cnc(-c2ccccc2)nc1-c1ccccc1. The maximum atomic E-state index is 4.75. The molecule has 0 fully saturated rings. The van der Waals surface area contributed by atoms with E-state index in [1.165, 1.54) is 0 Å². The molecule has 0 aliphatic carbocycles. The van der Waals surface area contributed by atoms with Crippen LogP contribution < -0.4 is 0 Å². The summed E-state index contributed by atoms with van der Waals surface area (Å²) in [5, 5.41) is 0. The van der Waals surface area contributed by atoms with Crippen molar-refractivity contribution in [2.45, 2.75) is 4.90 Å². The molecule has 3 rings (SSSR count). The molecule has 0 N–H and O–H groups in total. The Bertz CT molecular complexity index is 697. The van der Waals surface area contributed by atoms with Gasteiger partial charge in [-0.15, -0.1) is 11.8 Å². The molecule has 0 bridgehead atoms. The van der Waals surface area contributed by atoms with E-state index in [0.29, 0.717) is 0 Å². The van der Waals surface area contributed by atoms with Gasteiger partial charge < -0.3 is 0 Å². The van der Waals surface area contributed by atoms with Gasteiger partial charge >= 0.3 is 0 Å². The lowest BCUT2D eigenvalue weighted by Crippen LogP contribution is -1.94. The molecule has 3 heteroatoms. The van der Waals surface area contributed by atoms with Crippen LogP contribution in [0.3, 0.4) is 0 Å². The van der Waals surface area contributed by atoms with Crippen LogP contribution in [0.2, 0.25) is 0 Å². The summed E-state index contributed by atoms with van der Waals surface area (Å²) in [6.45, 7) is 0. The second-order valence-corrected chi connectivity index (χ2v) is 5.19. The highest BCUT2D eigenvalue weighted by Gasteiger charge is 2.09. The number of rotatable bonds is 3. The first-order chi connectivity index (χ1) is 9.88. The predicted molar refractivity (Wildman–Crippen MR) is 84.7 cm³/mol. The zero-order chi connectivity index (χ0) is 13.8. The molecule has 0 aliphatic rings. The number of thioether (sulfide) groups is 1. The number of nitrogens with zero attached hydrogens (tertiary/aromatic N) is 2. The topological polar surface area (TPSA) is 25.8 Å². The van der Waals surface area contributed by atoms with Gasteiger partial charge in [-0.3, -0.25) is 0 Å². The van der Waals surface area contributed by atoms with Crippen LogP contribution in [-0.2, 0) is 0 Å². The highest BCUT2D eigenvalue weighted by atomic mass is 32.2. The maximum absolute atomic E-state index is 4.75. The van der Waals surface area contributed by atoms with Crippen LogP contribution in [-0.4, -0.2) is 16.2 Å². The Morgan fingerprint density at radius 1 is 0.800 bits per heavy atom. The van der Waals surface area contributed by atoms with Gasteiger partial charge in [0.2, 0.25) is 0 Å². The lowest BCUT2D eigenvalue weighted by molar-refractivity contribution is 1.12. The Labute approximate surface area is 122 Å². The smallest absolute Gasteiger partial charge is 0.159 e. The van der Waals surface area contributed by atoms with E-state index in [-0.39, 0.29) is 0 Å². The van der Waals surface area contributed by atoms with Crippen molar-refractivity contribution in [2.24, 2.45) is 0 Å². The van der Waals surface area contributed by atoms with E-state index in [4.69, 9.17) is 4.98 Å².